The number of fused-ring (bicyclic) bond motifs is 1. The van der Waals surface area contributed by atoms with Crippen LogP contribution in [-0.4, -0.2) is 94.9 Å². The lowest BCUT2D eigenvalue weighted by Gasteiger charge is -2.35. The Morgan fingerprint density at radius 2 is 1.91 bits per heavy atom. The molecule has 43 heavy (non-hydrogen) atoms. The van der Waals surface area contributed by atoms with Gasteiger partial charge in [-0.05, 0) is 56.4 Å². The van der Waals surface area contributed by atoms with Crippen molar-refractivity contribution >= 4 is 23.1 Å². The average Bonchev–Trinajstić information content (AvgIpc) is 3.45. The molecule has 0 atom stereocenters. The van der Waals surface area contributed by atoms with Crippen molar-refractivity contribution in [2.24, 2.45) is 0 Å². The van der Waals surface area contributed by atoms with Crippen molar-refractivity contribution in [3.8, 4) is 23.1 Å². The summed E-state index contributed by atoms with van der Waals surface area (Å²) in [5, 5.41) is 11.9. The number of nitrogens with one attached hydrogen (secondary N) is 1. The van der Waals surface area contributed by atoms with E-state index in [9.17, 15) is 13.6 Å². The number of hydrogen-bond acceptors (Lipinski definition) is 8. The van der Waals surface area contributed by atoms with Gasteiger partial charge in [0.1, 0.15) is 6.07 Å². The number of likely N-dealkylation sites (N-methyl/N-ethyl adjacent to an activating group) is 1. The topological polar surface area (TPSA) is 102 Å². The standard InChI is InChI=1S/C31H34F2N8O2/c1-4-21-19-22(5-6-23(21)31(42)40-16-14-39(15-17-40)13-12-38(2)3)37-29-30-36-20-25(41(30)11-10-35-29)24-7-8-26(43-18-9-34)28(33)27(24)32/h5-8,10-11,19-20H,4,12-18H2,1-3H3,(H,35,37). The lowest BCUT2D eigenvalue weighted by molar-refractivity contribution is 0.0628. The predicted octanol–water partition coefficient (Wildman–Crippen LogP) is 4.20. The maximum atomic E-state index is 15.0. The molecule has 224 valence electrons. The Kier molecular flexibility index (Phi) is 9.13. The van der Waals surface area contributed by atoms with Gasteiger partial charge in [-0.2, -0.15) is 9.65 Å². The van der Waals surface area contributed by atoms with Crippen molar-refractivity contribution in [1.29, 1.82) is 5.26 Å². The van der Waals surface area contributed by atoms with Crippen molar-refractivity contribution < 1.29 is 18.3 Å². The number of ether oxygens (including phenoxy) is 1. The highest BCUT2D eigenvalue weighted by Gasteiger charge is 2.24. The molecule has 0 aliphatic carbocycles. The monoisotopic (exact) mass is 588 g/mol. The number of imidazole rings is 1. The van der Waals surface area contributed by atoms with E-state index in [1.165, 1.54) is 24.5 Å². The molecule has 1 aliphatic heterocycles. The smallest absolute Gasteiger partial charge is 0.254 e. The summed E-state index contributed by atoms with van der Waals surface area (Å²) in [6.07, 6.45) is 5.26. The van der Waals surface area contributed by atoms with Crippen LogP contribution in [0.25, 0.3) is 16.9 Å². The molecule has 1 N–H and O–H groups in total. The zero-order valence-corrected chi connectivity index (χ0v) is 24.5. The Hall–Kier alpha value is -4.60. The number of nitrogens with zero attached hydrogens (tertiary/aromatic N) is 7. The molecule has 2 aromatic heterocycles. The van der Waals surface area contributed by atoms with Gasteiger partial charge in [0.15, 0.2) is 29.6 Å². The molecule has 1 fully saturated rings. The fourth-order valence-corrected chi connectivity index (χ4v) is 5.15. The number of aryl methyl sites for hydroxylation is 1. The number of anilines is 2. The second kappa shape index (κ2) is 13.1. The summed E-state index contributed by atoms with van der Waals surface area (Å²) >= 11 is 0. The van der Waals surface area contributed by atoms with Crippen LogP contribution in [0.1, 0.15) is 22.8 Å². The second-order valence-corrected chi connectivity index (χ2v) is 10.6. The maximum Gasteiger partial charge on any atom is 0.254 e. The van der Waals surface area contributed by atoms with Gasteiger partial charge in [-0.15, -0.1) is 0 Å². The minimum Gasteiger partial charge on any atom is -0.476 e. The van der Waals surface area contributed by atoms with Crippen LogP contribution in [0.4, 0.5) is 20.3 Å². The maximum absolute atomic E-state index is 15.0. The number of piperazine rings is 1. The van der Waals surface area contributed by atoms with Crippen molar-refractivity contribution in [2.75, 3.05) is 65.3 Å². The van der Waals surface area contributed by atoms with Crippen LogP contribution < -0.4 is 10.1 Å². The molecular weight excluding hydrogens is 554 g/mol. The summed E-state index contributed by atoms with van der Waals surface area (Å²) in [6, 6.07) is 10.0. The average molecular weight is 589 g/mol. The third-order valence-electron chi connectivity index (χ3n) is 7.55. The number of carbonyl (C=O) groups excluding carboxylic acids is 1. The molecule has 4 aromatic rings. The first kappa shape index (κ1) is 29.9. The lowest BCUT2D eigenvalue weighted by Crippen LogP contribution is -2.50. The molecule has 1 saturated heterocycles. The highest BCUT2D eigenvalue weighted by molar-refractivity contribution is 5.96. The second-order valence-electron chi connectivity index (χ2n) is 10.6. The zero-order valence-electron chi connectivity index (χ0n) is 24.5. The van der Waals surface area contributed by atoms with Crippen molar-refractivity contribution in [3.63, 3.8) is 0 Å². The number of halogens is 2. The minimum atomic E-state index is -1.18. The number of benzene rings is 2. The molecule has 5 rings (SSSR count). The van der Waals surface area contributed by atoms with E-state index < -0.39 is 18.2 Å². The predicted molar refractivity (Wildman–Crippen MR) is 159 cm³/mol. The quantitative estimate of drug-likeness (QED) is 0.294. The van der Waals surface area contributed by atoms with E-state index in [0.717, 1.165) is 37.4 Å². The molecule has 2 aromatic carbocycles. The fourth-order valence-electron chi connectivity index (χ4n) is 5.15. The number of amides is 1. The van der Waals surface area contributed by atoms with E-state index in [4.69, 9.17) is 10.00 Å². The third kappa shape index (κ3) is 6.43. The largest absolute Gasteiger partial charge is 0.476 e. The Morgan fingerprint density at radius 3 is 2.63 bits per heavy atom. The molecule has 1 amide bonds. The van der Waals surface area contributed by atoms with Gasteiger partial charge < -0.3 is 19.9 Å². The number of rotatable bonds is 10. The van der Waals surface area contributed by atoms with E-state index >= 15 is 0 Å². The first-order chi connectivity index (χ1) is 20.8. The van der Waals surface area contributed by atoms with Crippen LogP contribution in [-0.2, 0) is 6.42 Å². The van der Waals surface area contributed by atoms with Gasteiger partial charge >= 0.3 is 0 Å². The van der Waals surface area contributed by atoms with E-state index in [1.54, 1.807) is 16.7 Å². The number of carbonyl (C=O) groups is 1. The Bertz CT molecular complexity index is 1660. The van der Waals surface area contributed by atoms with E-state index in [1.807, 2.05) is 30.0 Å². The van der Waals surface area contributed by atoms with Gasteiger partial charge in [0, 0.05) is 68.5 Å². The third-order valence-corrected chi connectivity index (χ3v) is 7.55. The number of hydrogen-bond donors (Lipinski definition) is 1. The summed E-state index contributed by atoms with van der Waals surface area (Å²) in [5.41, 5.74) is 3.04. The molecule has 0 radical (unpaired) electrons. The summed E-state index contributed by atoms with van der Waals surface area (Å²) < 4.78 is 36.2. The molecule has 3 heterocycles. The molecule has 0 bridgehead atoms. The van der Waals surface area contributed by atoms with Gasteiger partial charge in [0.05, 0.1) is 11.9 Å². The molecule has 0 spiro atoms. The highest BCUT2D eigenvalue weighted by atomic mass is 19.2. The number of aromatic nitrogens is 3. The highest BCUT2D eigenvalue weighted by Crippen LogP contribution is 2.32. The van der Waals surface area contributed by atoms with Gasteiger partial charge in [0.25, 0.3) is 5.91 Å². The van der Waals surface area contributed by atoms with Crippen molar-refractivity contribution in [1.82, 2.24) is 29.1 Å². The van der Waals surface area contributed by atoms with Crippen LogP contribution >= 0.6 is 0 Å². The fraction of sp³-hybridized carbons (Fsp3) is 0.355. The van der Waals surface area contributed by atoms with Crippen LogP contribution in [0.5, 0.6) is 5.75 Å². The van der Waals surface area contributed by atoms with Crippen LogP contribution in [0.2, 0.25) is 0 Å². The van der Waals surface area contributed by atoms with Crippen LogP contribution in [0.15, 0.2) is 48.9 Å². The van der Waals surface area contributed by atoms with Crippen LogP contribution in [0, 0.1) is 23.0 Å². The van der Waals surface area contributed by atoms with Gasteiger partial charge in [0.2, 0.25) is 5.82 Å². The van der Waals surface area contributed by atoms with Crippen molar-refractivity contribution in [2.45, 2.75) is 13.3 Å². The van der Waals surface area contributed by atoms with Gasteiger partial charge in [-0.1, -0.05) is 6.92 Å². The SMILES string of the molecule is CCc1cc(Nc2nccn3c(-c4ccc(OCC#N)c(F)c4F)cnc23)ccc1C(=O)N1CCN(CCN(C)C)CC1. The molecule has 12 heteroatoms. The molecule has 0 unspecified atom stereocenters. The Balaban J connectivity index is 1.34. The van der Waals surface area contributed by atoms with E-state index in [0.29, 0.717) is 42.2 Å². The Labute approximate surface area is 249 Å². The molecule has 10 nitrogen and oxygen atoms in total. The summed E-state index contributed by atoms with van der Waals surface area (Å²) in [6.45, 7) is 6.72. The zero-order chi connectivity index (χ0) is 30.5. The number of nitriles is 1. The first-order valence-electron chi connectivity index (χ1n) is 14.2. The molecule has 1 aliphatic rings. The van der Waals surface area contributed by atoms with Gasteiger partial charge in [-0.3, -0.25) is 14.1 Å². The molecular formula is C31H34F2N8O2. The molecule has 0 saturated carbocycles. The Morgan fingerprint density at radius 1 is 1.12 bits per heavy atom. The van der Waals surface area contributed by atoms with E-state index in [-0.39, 0.29) is 17.2 Å². The van der Waals surface area contributed by atoms with Crippen molar-refractivity contribution in [3.05, 3.63) is 71.7 Å². The lowest BCUT2D eigenvalue weighted by atomic mass is 10.0. The van der Waals surface area contributed by atoms with Gasteiger partial charge in [-0.25, -0.2) is 14.4 Å². The summed E-state index contributed by atoms with van der Waals surface area (Å²) in [5.74, 6) is -2.17. The van der Waals surface area contributed by atoms with E-state index in [2.05, 4.69) is 39.2 Å². The summed E-state index contributed by atoms with van der Waals surface area (Å²) in [7, 11) is 4.13. The minimum absolute atomic E-state index is 0.0128. The van der Waals surface area contributed by atoms with Crippen LogP contribution in [0.3, 0.4) is 0 Å². The normalized spacial score (nSPS) is 13.8. The summed E-state index contributed by atoms with van der Waals surface area (Å²) in [4.78, 5) is 28.7. The first-order valence-corrected chi connectivity index (χ1v) is 14.2.